The van der Waals surface area contributed by atoms with Gasteiger partial charge in [0.1, 0.15) is 18.1 Å². The number of nitrogens with zero attached hydrogens (tertiary/aromatic N) is 4. The summed E-state index contributed by atoms with van der Waals surface area (Å²) in [5.41, 5.74) is 0.940. The van der Waals surface area contributed by atoms with Crippen molar-refractivity contribution in [2.24, 2.45) is 7.05 Å². The Hall–Kier alpha value is -3.07. The lowest BCUT2D eigenvalue weighted by Gasteiger charge is -2.11. The quantitative estimate of drug-likeness (QED) is 0.318. The van der Waals surface area contributed by atoms with Crippen LogP contribution >= 0.6 is 11.8 Å². The summed E-state index contributed by atoms with van der Waals surface area (Å²) < 4.78 is 12.7. The van der Waals surface area contributed by atoms with Gasteiger partial charge < -0.3 is 14.0 Å². The molecule has 0 aliphatic heterocycles. The molecular weight excluding hydrogens is 380 g/mol. The zero-order valence-electron chi connectivity index (χ0n) is 15.7. The van der Waals surface area contributed by atoms with Gasteiger partial charge in [-0.25, -0.2) is 0 Å². The van der Waals surface area contributed by atoms with Gasteiger partial charge in [-0.2, -0.15) is 0 Å². The number of nitro groups is 1. The van der Waals surface area contributed by atoms with Crippen molar-refractivity contribution in [3.05, 3.63) is 70.0 Å². The first-order valence-electron chi connectivity index (χ1n) is 8.54. The number of non-ortho nitro benzene ring substituents is 1. The minimum Gasteiger partial charge on any atom is -0.497 e. The van der Waals surface area contributed by atoms with E-state index in [0.29, 0.717) is 16.7 Å². The van der Waals surface area contributed by atoms with Crippen molar-refractivity contribution in [2.75, 3.05) is 7.11 Å². The highest BCUT2D eigenvalue weighted by molar-refractivity contribution is 7.99. The Morgan fingerprint density at radius 1 is 1.18 bits per heavy atom. The number of hydrogen-bond acceptors (Lipinski definition) is 7. The first-order valence-corrected chi connectivity index (χ1v) is 9.42. The Kier molecular flexibility index (Phi) is 6.15. The zero-order chi connectivity index (χ0) is 20.1. The minimum atomic E-state index is -0.391. The molecule has 0 spiro atoms. The van der Waals surface area contributed by atoms with E-state index in [1.807, 2.05) is 48.9 Å². The molecule has 0 unspecified atom stereocenters. The van der Waals surface area contributed by atoms with Crippen LogP contribution in [-0.4, -0.2) is 26.8 Å². The summed E-state index contributed by atoms with van der Waals surface area (Å²) in [4.78, 5) is 10.6. The predicted octanol–water partition coefficient (Wildman–Crippen LogP) is 4.16. The molecule has 0 radical (unpaired) electrons. The fourth-order valence-corrected chi connectivity index (χ4v) is 3.46. The van der Waals surface area contributed by atoms with Gasteiger partial charge in [0, 0.05) is 24.4 Å². The molecule has 3 rings (SSSR count). The molecule has 1 heterocycles. The molecular formula is C19H20N4O4S. The zero-order valence-corrected chi connectivity index (χ0v) is 16.5. The van der Waals surface area contributed by atoms with Crippen molar-refractivity contribution in [1.82, 2.24) is 14.8 Å². The average molecular weight is 400 g/mol. The smallest absolute Gasteiger partial charge is 0.269 e. The Labute approximate surface area is 166 Å². The molecule has 28 heavy (non-hydrogen) atoms. The lowest BCUT2D eigenvalue weighted by atomic mass is 10.1. The van der Waals surface area contributed by atoms with Crippen LogP contribution in [-0.2, 0) is 13.7 Å². The summed E-state index contributed by atoms with van der Waals surface area (Å²) in [6.07, 6.45) is 0. The van der Waals surface area contributed by atoms with E-state index < -0.39 is 4.92 Å². The largest absolute Gasteiger partial charge is 0.497 e. The lowest BCUT2D eigenvalue weighted by molar-refractivity contribution is -0.384. The maximum atomic E-state index is 11.0. The van der Waals surface area contributed by atoms with Crippen LogP contribution in [0.1, 0.15) is 23.6 Å². The van der Waals surface area contributed by atoms with E-state index in [1.54, 1.807) is 19.2 Å². The summed E-state index contributed by atoms with van der Waals surface area (Å²) in [5.74, 6) is 2.16. The van der Waals surface area contributed by atoms with E-state index in [4.69, 9.17) is 9.47 Å². The molecule has 8 nitrogen and oxygen atoms in total. The number of thioether (sulfide) groups is 1. The van der Waals surface area contributed by atoms with Crippen LogP contribution in [0.25, 0.3) is 0 Å². The molecule has 0 aliphatic rings. The molecule has 0 amide bonds. The molecule has 2 aromatic carbocycles. The highest BCUT2D eigenvalue weighted by atomic mass is 32.2. The fourth-order valence-electron chi connectivity index (χ4n) is 2.51. The first-order chi connectivity index (χ1) is 13.5. The number of methoxy groups -OCH3 is 1. The summed E-state index contributed by atoms with van der Waals surface area (Å²) in [6.45, 7) is 2.26. The van der Waals surface area contributed by atoms with Crippen molar-refractivity contribution >= 4 is 17.4 Å². The number of aromatic nitrogens is 3. The van der Waals surface area contributed by atoms with E-state index in [0.717, 1.165) is 11.3 Å². The van der Waals surface area contributed by atoms with Crippen LogP contribution in [0, 0.1) is 10.1 Å². The molecule has 0 bridgehead atoms. The third-order valence-electron chi connectivity index (χ3n) is 4.19. The van der Waals surface area contributed by atoms with Crippen molar-refractivity contribution < 1.29 is 14.4 Å². The van der Waals surface area contributed by atoms with Crippen molar-refractivity contribution in [2.45, 2.75) is 23.9 Å². The van der Waals surface area contributed by atoms with Crippen LogP contribution in [0.5, 0.6) is 11.5 Å². The number of ether oxygens (including phenoxy) is 2. The molecule has 9 heteroatoms. The van der Waals surface area contributed by atoms with Crippen LogP contribution in [0.4, 0.5) is 5.69 Å². The standard InChI is InChI=1S/C19H20N4O4S/c1-13(14-5-4-6-15(11-14)23(24)25)28-19-21-20-18(22(19)2)12-27-17-9-7-16(26-3)8-10-17/h4-11,13H,12H2,1-3H3/t13-/m0/s1. The normalized spacial score (nSPS) is 11.8. The third kappa shape index (κ3) is 4.61. The monoisotopic (exact) mass is 400 g/mol. The van der Waals surface area contributed by atoms with E-state index in [2.05, 4.69) is 10.2 Å². The maximum absolute atomic E-state index is 11.0. The van der Waals surface area contributed by atoms with E-state index in [-0.39, 0.29) is 17.5 Å². The Morgan fingerprint density at radius 3 is 2.57 bits per heavy atom. The fraction of sp³-hybridized carbons (Fsp3) is 0.263. The van der Waals surface area contributed by atoms with E-state index >= 15 is 0 Å². The minimum absolute atomic E-state index is 0.0156. The first kappa shape index (κ1) is 19.7. The van der Waals surface area contributed by atoms with Crippen LogP contribution in [0.2, 0.25) is 0 Å². The van der Waals surface area contributed by atoms with Gasteiger partial charge in [0.15, 0.2) is 11.0 Å². The summed E-state index contributed by atoms with van der Waals surface area (Å²) in [5, 5.41) is 20.1. The Balaban J connectivity index is 1.65. The van der Waals surface area contributed by atoms with Gasteiger partial charge in [0.2, 0.25) is 0 Å². The summed E-state index contributed by atoms with van der Waals surface area (Å²) in [6, 6.07) is 13.9. The van der Waals surface area contributed by atoms with Gasteiger partial charge >= 0.3 is 0 Å². The molecule has 1 atom stereocenters. The number of rotatable bonds is 8. The van der Waals surface area contributed by atoms with Crippen molar-refractivity contribution in [3.63, 3.8) is 0 Å². The molecule has 3 aromatic rings. The second-order valence-corrected chi connectivity index (χ2v) is 7.34. The van der Waals surface area contributed by atoms with E-state index in [1.165, 1.54) is 17.8 Å². The average Bonchev–Trinajstić information content (AvgIpc) is 3.06. The van der Waals surface area contributed by atoms with E-state index in [9.17, 15) is 10.1 Å². The van der Waals surface area contributed by atoms with Gasteiger partial charge in [-0.05, 0) is 36.8 Å². The maximum Gasteiger partial charge on any atom is 0.269 e. The molecule has 0 fully saturated rings. The lowest BCUT2D eigenvalue weighted by Crippen LogP contribution is -2.04. The molecule has 0 aliphatic carbocycles. The van der Waals surface area contributed by atoms with Gasteiger partial charge in [-0.1, -0.05) is 23.9 Å². The Morgan fingerprint density at radius 2 is 1.89 bits per heavy atom. The molecule has 0 saturated heterocycles. The van der Waals surface area contributed by atoms with Crippen molar-refractivity contribution in [3.8, 4) is 11.5 Å². The van der Waals surface area contributed by atoms with Crippen molar-refractivity contribution in [1.29, 1.82) is 0 Å². The topological polar surface area (TPSA) is 92.3 Å². The molecule has 1 aromatic heterocycles. The predicted molar refractivity (Wildman–Crippen MR) is 106 cm³/mol. The Bertz CT molecular complexity index is 959. The van der Waals surface area contributed by atoms with Gasteiger partial charge in [-0.3, -0.25) is 10.1 Å². The molecule has 146 valence electrons. The highest BCUT2D eigenvalue weighted by Crippen LogP contribution is 2.35. The third-order valence-corrected chi connectivity index (χ3v) is 5.38. The van der Waals surface area contributed by atoms with Gasteiger partial charge in [0.25, 0.3) is 5.69 Å². The highest BCUT2D eigenvalue weighted by Gasteiger charge is 2.17. The number of nitro benzene ring substituents is 1. The van der Waals surface area contributed by atoms with Gasteiger partial charge in [0.05, 0.1) is 12.0 Å². The number of benzene rings is 2. The summed E-state index contributed by atoms with van der Waals surface area (Å²) >= 11 is 1.49. The SMILES string of the molecule is COc1ccc(OCc2nnc(S[C@@H](C)c3cccc([N+](=O)[O-])c3)n2C)cc1. The van der Waals surface area contributed by atoms with Crippen LogP contribution in [0.3, 0.4) is 0 Å². The summed E-state index contributed by atoms with van der Waals surface area (Å²) in [7, 11) is 3.48. The molecule has 0 saturated carbocycles. The van der Waals surface area contributed by atoms with Crippen LogP contribution in [0.15, 0.2) is 53.7 Å². The molecule has 0 N–H and O–H groups in total. The van der Waals surface area contributed by atoms with Gasteiger partial charge in [-0.15, -0.1) is 10.2 Å². The van der Waals surface area contributed by atoms with Crippen LogP contribution < -0.4 is 9.47 Å². The second-order valence-electron chi connectivity index (χ2n) is 6.03. The second kappa shape index (κ2) is 8.75. The number of hydrogen-bond donors (Lipinski definition) is 0.